The molecule has 0 spiro atoms. The van der Waals surface area contributed by atoms with Crippen LogP contribution in [0.15, 0.2) is 24.3 Å². The van der Waals surface area contributed by atoms with Crippen LogP contribution < -0.4 is 4.74 Å². The first-order valence-electron chi connectivity index (χ1n) is 4.36. The summed E-state index contributed by atoms with van der Waals surface area (Å²) >= 11 is 0. The third-order valence-corrected chi connectivity index (χ3v) is 1.97. The molecule has 0 amide bonds. The predicted molar refractivity (Wildman–Crippen MR) is 55.2 cm³/mol. The number of benzene rings is 1. The molecule has 8 heteroatoms. The van der Waals surface area contributed by atoms with Crippen molar-refractivity contribution in [3.05, 3.63) is 29.8 Å². The van der Waals surface area contributed by atoms with Crippen molar-refractivity contribution in [1.29, 1.82) is 0 Å². The van der Waals surface area contributed by atoms with Crippen LogP contribution in [0.4, 0.5) is 0 Å². The van der Waals surface area contributed by atoms with Crippen molar-refractivity contribution >= 4 is 19.8 Å². The summed E-state index contributed by atoms with van der Waals surface area (Å²) in [7, 11) is -4.93. The molecule has 0 aliphatic rings. The Kier molecular flexibility index (Phi) is 4.01. The van der Waals surface area contributed by atoms with E-state index in [9.17, 15) is 14.2 Å². The summed E-state index contributed by atoms with van der Waals surface area (Å²) in [6, 6.07) is 5.45. The first-order chi connectivity index (χ1) is 7.79. The van der Waals surface area contributed by atoms with Gasteiger partial charge in [0.2, 0.25) is 0 Å². The fraction of sp³-hybridized carbons (Fsp3) is 0.111. The van der Waals surface area contributed by atoms with E-state index in [4.69, 9.17) is 9.79 Å². The van der Waals surface area contributed by atoms with Crippen molar-refractivity contribution < 1.29 is 33.2 Å². The van der Waals surface area contributed by atoms with E-state index in [1.807, 2.05) is 0 Å². The standard InChI is InChI=1S/C9H9O7P/c1-6(10)15-8-5-3-2-4-7(8)9(11)16-17(12,13)14/h2-5H,1H3,(H2,12,13,14). The van der Waals surface area contributed by atoms with E-state index in [2.05, 4.69) is 9.26 Å². The van der Waals surface area contributed by atoms with Crippen molar-refractivity contribution in [1.82, 2.24) is 0 Å². The van der Waals surface area contributed by atoms with Gasteiger partial charge in [-0.15, -0.1) is 0 Å². The second-order valence-corrected chi connectivity index (χ2v) is 4.12. The molecule has 1 aromatic rings. The van der Waals surface area contributed by atoms with Gasteiger partial charge in [0.1, 0.15) is 11.3 Å². The Labute approximate surface area is 96.2 Å². The molecule has 0 unspecified atom stereocenters. The summed E-state index contributed by atoms with van der Waals surface area (Å²) in [4.78, 5) is 39.1. The van der Waals surface area contributed by atoms with Crippen LogP contribution in [0.2, 0.25) is 0 Å². The summed E-state index contributed by atoms with van der Waals surface area (Å²) in [5.74, 6) is -2.06. The maximum atomic E-state index is 11.4. The normalized spacial score (nSPS) is 10.8. The summed E-state index contributed by atoms with van der Waals surface area (Å²) < 4.78 is 19.1. The second-order valence-electron chi connectivity index (χ2n) is 2.96. The quantitative estimate of drug-likeness (QED) is 0.471. The van der Waals surface area contributed by atoms with E-state index in [-0.39, 0.29) is 11.3 Å². The largest absolute Gasteiger partial charge is 0.527 e. The van der Waals surface area contributed by atoms with Crippen LogP contribution in [-0.4, -0.2) is 21.7 Å². The lowest BCUT2D eigenvalue weighted by Crippen LogP contribution is -2.09. The van der Waals surface area contributed by atoms with Crippen molar-refractivity contribution in [3.63, 3.8) is 0 Å². The van der Waals surface area contributed by atoms with Gasteiger partial charge in [-0.25, -0.2) is 9.36 Å². The molecule has 92 valence electrons. The first-order valence-corrected chi connectivity index (χ1v) is 5.89. The number of carbonyl (C=O) groups is 2. The lowest BCUT2D eigenvalue weighted by molar-refractivity contribution is -0.131. The Hall–Kier alpha value is -1.69. The van der Waals surface area contributed by atoms with Gasteiger partial charge in [-0.3, -0.25) is 14.6 Å². The predicted octanol–water partition coefficient (Wildman–Crippen LogP) is 0.861. The Morgan fingerprint density at radius 1 is 1.24 bits per heavy atom. The van der Waals surface area contributed by atoms with Crippen LogP contribution in [-0.2, 0) is 13.9 Å². The summed E-state index contributed by atoms with van der Waals surface area (Å²) in [6.07, 6.45) is 0. The van der Waals surface area contributed by atoms with Gasteiger partial charge in [-0.1, -0.05) is 12.1 Å². The Balaban J connectivity index is 3.01. The topological polar surface area (TPSA) is 110 Å². The van der Waals surface area contributed by atoms with Crippen molar-refractivity contribution in [3.8, 4) is 5.75 Å². The molecule has 0 aliphatic carbocycles. The summed E-state index contributed by atoms with van der Waals surface area (Å²) in [5, 5.41) is 0. The maximum Gasteiger partial charge on any atom is 0.527 e. The van der Waals surface area contributed by atoms with Crippen LogP contribution in [0.5, 0.6) is 5.75 Å². The summed E-state index contributed by atoms with van der Waals surface area (Å²) in [5.41, 5.74) is -0.244. The average Bonchev–Trinajstić information content (AvgIpc) is 2.14. The molecule has 2 N–H and O–H groups in total. The highest BCUT2D eigenvalue weighted by Crippen LogP contribution is 2.37. The van der Waals surface area contributed by atoms with E-state index in [0.717, 1.165) is 6.92 Å². The molecule has 0 saturated heterocycles. The SMILES string of the molecule is CC(=O)Oc1ccccc1C(=O)OP(=O)(O)O. The first kappa shape index (κ1) is 13.4. The van der Waals surface area contributed by atoms with E-state index < -0.39 is 19.8 Å². The van der Waals surface area contributed by atoms with Crippen LogP contribution in [0.1, 0.15) is 17.3 Å². The number of hydrogen-bond acceptors (Lipinski definition) is 5. The molecule has 0 heterocycles. The molecule has 0 atom stereocenters. The molecule has 0 aromatic heterocycles. The third-order valence-electron chi connectivity index (χ3n) is 1.56. The van der Waals surface area contributed by atoms with Crippen molar-refractivity contribution in [2.24, 2.45) is 0 Å². The number of para-hydroxylation sites is 1. The van der Waals surface area contributed by atoms with Gasteiger partial charge in [0.15, 0.2) is 0 Å². The fourth-order valence-electron chi connectivity index (χ4n) is 1.04. The molecule has 1 rings (SSSR count). The van der Waals surface area contributed by atoms with Gasteiger partial charge in [0.05, 0.1) is 0 Å². The second kappa shape index (κ2) is 5.09. The van der Waals surface area contributed by atoms with Gasteiger partial charge in [-0.2, -0.15) is 0 Å². The molecule has 0 fully saturated rings. The van der Waals surface area contributed by atoms with Crippen molar-refractivity contribution in [2.45, 2.75) is 6.92 Å². The Bertz CT molecular complexity index is 490. The molecular weight excluding hydrogens is 251 g/mol. The smallest absolute Gasteiger partial charge is 0.426 e. The molecule has 0 radical (unpaired) electrons. The number of rotatable bonds is 3. The van der Waals surface area contributed by atoms with E-state index in [1.54, 1.807) is 0 Å². The minimum Gasteiger partial charge on any atom is -0.426 e. The third kappa shape index (κ3) is 4.36. The minimum absolute atomic E-state index is 0.126. The summed E-state index contributed by atoms with van der Waals surface area (Å²) in [6.45, 7) is 1.13. The van der Waals surface area contributed by atoms with E-state index >= 15 is 0 Å². The lowest BCUT2D eigenvalue weighted by atomic mass is 10.2. The van der Waals surface area contributed by atoms with Crippen LogP contribution in [0.25, 0.3) is 0 Å². The average molecular weight is 260 g/mol. The van der Waals surface area contributed by atoms with E-state index in [1.165, 1.54) is 24.3 Å². The number of esters is 1. The molecular formula is C9H9O7P. The highest BCUT2D eigenvalue weighted by molar-refractivity contribution is 7.46. The lowest BCUT2D eigenvalue weighted by Gasteiger charge is -2.08. The number of hydrogen-bond donors (Lipinski definition) is 2. The Morgan fingerprint density at radius 2 is 1.82 bits per heavy atom. The number of ether oxygens (including phenoxy) is 1. The number of carbonyl (C=O) groups excluding carboxylic acids is 2. The van der Waals surface area contributed by atoms with Crippen LogP contribution >= 0.6 is 7.82 Å². The number of phosphoric ester groups is 1. The van der Waals surface area contributed by atoms with Crippen molar-refractivity contribution in [2.75, 3.05) is 0 Å². The zero-order chi connectivity index (χ0) is 13.1. The zero-order valence-electron chi connectivity index (χ0n) is 8.69. The number of phosphoric acid groups is 1. The molecule has 0 bridgehead atoms. The van der Waals surface area contributed by atoms with Gasteiger partial charge < -0.3 is 9.26 Å². The van der Waals surface area contributed by atoms with Gasteiger partial charge in [0, 0.05) is 6.92 Å². The monoisotopic (exact) mass is 260 g/mol. The molecule has 17 heavy (non-hydrogen) atoms. The Morgan fingerprint density at radius 3 is 2.35 bits per heavy atom. The molecule has 0 aliphatic heterocycles. The van der Waals surface area contributed by atoms with Crippen LogP contribution in [0, 0.1) is 0 Å². The highest BCUT2D eigenvalue weighted by Gasteiger charge is 2.24. The van der Waals surface area contributed by atoms with E-state index in [0.29, 0.717) is 0 Å². The highest BCUT2D eigenvalue weighted by atomic mass is 31.2. The van der Waals surface area contributed by atoms with Gasteiger partial charge in [-0.05, 0) is 12.1 Å². The van der Waals surface area contributed by atoms with Gasteiger partial charge in [0.25, 0.3) is 0 Å². The maximum absolute atomic E-state index is 11.4. The zero-order valence-corrected chi connectivity index (χ0v) is 9.59. The molecule has 1 aromatic carbocycles. The minimum atomic E-state index is -4.93. The fourth-order valence-corrected chi connectivity index (χ4v) is 1.35. The molecule has 0 saturated carbocycles. The molecule has 7 nitrogen and oxygen atoms in total. The van der Waals surface area contributed by atoms with Crippen LogP contribution in [0.3, 0.4) is 0 Å². The van der Waals surface area contributed by atoms with Gasteiger partial charge >= 0.3 is 19.8 Å².